The molecule has 3 aromatic rings. The van der Waals surface area contributed by atoms with Gasteiger partial charge < -0.3 is 5.32 Å². The van der Waals surface area contributed by atoms with Gasteiger partial charge in [0.1, 0.15) is 0 Å². The lowest BCUT2D eigenvalue weighted by molar-refractivity contribution is 0.258. The minimum Gasteiger partial charge on any atom is -0.307 e. The number of rotatable bonds is 7. The molecule has 2 aliphatic carbocycles. The van der Waals surface area contributed by atoms with Gasteiger partial charge in [-0.15, -0.1) is 10.2 Å². The van der Waals surface area contributed by atoms with Gasteiger partial charge in [-0.3, -0.25) is 13.8 Å². The normalized spacial score (nSPS) is 24.5. The number of fused-ring (bicyclic) bond motifs is 5. The van der Waals surface area contributed by atoms with E-state index in [1.807, 2.05) is 24.3 Å². The molecule has 160 valence electrons. The first-order valence-corrected chi connectivity index (χ1v) is 11.6. The molecule has 4 unspecified atom stereocenters. The zero-order valence-electron chi connectivity index (χ0n) is 18.3. The second-order valence-corrected chi connectivity index (χ2v) is 9.92. The minimum atomic E-state index is 0.0287. The van der Waals surface area contributed by atoms with Crippen molar-refractivity contribution in [1.29, 1.82) is 0 Å². The fourth-order valence-corrected chi connectivity index (χ4v) is 5.83. The zero-order valence-corrected chi connectivity index (χ0v) is 18.3. The van der Waals surface area contributed by atoms with Gasteiger partial charge >= 0.3 is 0 Å². The molecule has 2 heterocycles. The molecule has 2 fully saturated rings. The van der Waals surface area contributed by atoms with Crippen LogP contribution in [0.25, 0.3) is 16.7 Å². The maximum Gasteiger partial charge on any atom is 0.262 e. The minimum absolute atomic E-state index is 0.0287. The summed E-state index contributed by atoms with van der Waals surface area (Å²) in [5, 5.41) is 13.4. The van der Waals surface area contributed by atoms with Gasteiger partial charge in [0.2, 0.25) is 5.78 Å². The molecule has 0 amide bonds. The van der Waals surface area contributed by atoms with E-state index in [0.29, 0.717) is 30.8 Å². The van der Waals surface area contributed by atoms with Crippen LogP contribution >= 0.6 is 0 Å². The van der Waals surface area contributed by atoms with E-state index in [1.54, 1.807) is 4.57 Å². The third kappa shape index (κ3) is 3.35. The Morgan fingerprint density at radius 1 is 1.13 bits per heavy atom. The quantitative estimate of drug-likeness (QED) is 0.643. The van der Waals surface area contributed by atoms with E-state index in [-0.39, 0.29) is 5.56 Å². The first kappa shape index (κ1) is 19.7. The Balaban J connectivity index is 1.48. The SMILES string of the molecule is CC(C)CCn1c(=O)c2ccccc2n2c(CNC(C)C3CC4CCC3C4)nnc12. The Hall–Kier alpha value is -2.21. The molecule has 0 saturated heterocycles. The van der Waals surface area contributed by atoms with E-state index in [1.165, 1.54) is 25.7 Å². The Kier molecular flexibility index (Phi) is 5.13. The van der Waals surface area contributed by atoms with Crippen molar-refractivity contribution in [3.63, 3.8) is 0 Å². The third-order valence-corrected chi connectivity index (χ3v) is 7.52. The summed E-state index contributed by atoms with van der Waals surface area (Å²) in [5.74, 6) is 4.70. The summed E-state index contributed by atoms with van der Waals surface area (Å²) in [6, 6.07) is 8.31. The second kappa shape index (κ2) is 7.80. The van der Waals surface area contributed by atoms with E-state index in [0.717, 1.165) is 40.9 Å². The van der Waals surface area contributed by atoms with Gasteiger partial charge in [0.25, 0.3) is 5.56 Å². The molecule has 2 bridgehead atoms. The number of aromatic nitrogens is 4. The van der Waals surface area contributed by atoms with Gasteiger partial charge in [0, 0.05) is 12.6 Å². The molecule has 6 nitrogen and oxygen atoms in total. The molecule has 1 aromatic carbocycles. The van der Waals surface area contributed by atoms with Crippen LogP contribution in [-0.2, 0) is 13.1 Å². The molecule has 2 aromatic heterocycles. The molecule has 5 rings (SSSR count). The molecule has 0 spiro atoms. The molecule has 2 saturated carbocycles. The topological polar surface area (TPSA) is 64.2 Å². The van der Waals surface area contributed by atoms with Gasteiger partial charge in [-0.25, -0.2) is 0 Å². The molecule has 1 N–H and O–H groups in total. The van der Waals surface area contributed by atoms with Crippen molar-refractivity contribution < 1.29 is 0 Å². The summed E-state index contributed by atoms with van der Waals surface area (Å²) in [7, 11) is 0. The molecule has 6 heteroatoms. The summed E-state index contributed by atoms with van der Waals surface area (Å²) < 4.78 is 3.88. The predicted octanol–water partition coefficient (Wildman–Crippen LogP) is 4.00. The van der Waals surface area contributed by atoms with Crippen LogP contribution in [-0.4, -0.2) is 25.2 Å². The summed E-state index contributed by atoms with van der Waals surface area (Å²) >= 11 is 0. The summed E-state index contributed by atoms with van der Waals surface area (Å²) in [5.41, 5.74) is 0.925. The first-order chi connectivity index (χ1) is 14.5. The lowest BCUT2D eigenvalue weighted by Crippen LogP contribution is -2.36. The summed E-state index contributed by atoms with van der Waals surface area (Å²) in [4.78, 5) is 13.1. The monoisotopic (exact) mass is 407 g/mol. The standard InChI is InChI=1S/C24H33N5O/c1-15(2)10-11-28-23(30)19-6-4-5-7-21(19)29-22(26-27-24(28)29)14-25-16(3)20-13-17-8-9-18(20)12-17/h4-7,15-18,20,25H,8-14H2,1-3H3. The smallest absolute Gasteiger partial charge is 0.262 e. The van der Waals surface area contributed by atoms with Crippen LogP contribution in [0.15, 0.2) is 29.1 Å². The molecular formula is C24H33N5O. The molecule has 0 aliphatic heterocycles. The van der Waals surface area contributed by atoms with E-state index >= 15 is 0 Å². The number of nitrogens with one attached hydrogen (secondary N) is 1. The van der Waals surface area contributed by atoms with Crippen molar-refractivity contribution in [3.8, 4) is 0 Å². The van der Waals surface area contributed by atoms with E-state index in [4.69, 9.17) is 0 Å². The van der Waals surface area contributed by atoms with Crippen LogP contribution in [0.1, 0.15) is 58.7 Å². The number of para-hydroxylation sites is 1. The van der Waals surface area contributed by atoms with Crippen molar-refractivity contribution in [2.24, 2.45) is 23.7 Å². The fourth-order valence-electron chi connectivity index (χ4n) is 5.83. The number of nitrogens with zero attached hydrogens (tertiary/aromatic N) is 4. The molecular weight excluding hydrogens is 374 g/mol. The zero-order chi connectivity index (χ0) is 20.8. The Morgan fingerprint density at radius 3 is 2.70 bits per heavy atom. The van der Waals surface area contributed by atoms with Crippen molar-refractivity contribution in [1.82, 2.24) is 24.5 Å². The van der Waals surface area contributed by atoms with Gasteiger partial charge in [-0.1, -0.05) is 32.4 Å². The van der Waals surface area contributed by atoms with E-state index in [9.17, 15) is 4.79 Å². The molecule has 30 heavy (non-hydrogen) atoms. The lowest BCUT2D eigenvalue weighted by Gasteiger charge is -2.28. The molecule has 2 aliphatic rings. The Morgan fingerprint density at radius 2 is 1.97 bits per heavy atom. The van der Waals surface area contributed by atoms with E-state index < -0.39 is 0 Å². The van der Waals surface area contributed by atoms with Crippen LogP contribution in [0.2, 0.25) is 0 Å². The van der Waals surface area contributed by atoms with Gasteiger partial charge in [0.15, 0.2) is 5.82 Å². The van der Waals surface area contributed by atoms with Crippen molar-refractivity contribution >= 4 is 16.7 Å². The predicted molar refractivity (Wildman–Crippen MR) is 119 cm³/mol. The highest BCUT2D eigenvalue weighted by Gasteiger charge is 2.41. The average molecular weight is 408 g/mol. The Labute approximate surface area is 177 Å². The van der Waals surface area contributed by atoms with Gasteiger partial charge in [-0.2, -0.15) is 0 Å². The van der Waals surface area contributed by atoms with Crippen molar-refractivity contribution in [2.75, 3.05) is 0 Å². The number of hydrogen-bond acceptors (Lipinski definition) is 4. The molecule has 4 atom stereocenters. The van der Waals surface area contributed by atoms with E-state index in [2.05, 4.69) is 40.7 Å². The Bertz CT molecular complexity index is 1110. The highest BCUT2D eigenvalue weighted by molar-refractivity contribution is 5.80. The highest BCUT2D eigenvalue weighted by atomic mass is 16.1. The third-order valence-electron chi connectivity index (χ3n) is 7.52. The van der Waals surface area contributed by atoms with Crippen molar-refractivity contribution in [3.05, 3.63) is 40.4 Å². The number of aryl methyl sites for hydroxylation is 1. The van der Waals surface area contributed by atoms with Gasteiger partial charge in [-0.05, 0) is 68.4 Å². The largest absolute Gasteiger partial charge is 0.307 e. The summed E-state index contributed by atoms with van der Waals surface area (Å²) in [6.07, 6.45) is 6.58. The summed E-state index contributed by atoms with van der Waals surface area (Å²) in [6.45, 7) is 8.02. The van der Waals surface area contributed by atoms with Crippen LogP contribution in [0.5, 0.6) is 0 Å². The number of benzene rings is 1. The maximum absolute atomic E-state index is 13.1. The van der Waals surface area contributed by atoms with Gasteiger partial charge in [0.05, 0.1) is 17.4 Å². The second-order valence-electron chi connectivity index (χ2n) is 9.92. The first-order valence-electron chi connectivity index (χ1n) is 11.6. The van der Waals surface area contributed by atoms with Crippen molar-refractivity contribution in [2.45, 2.75) is 72.0 Å². The number of hydrogen-bond donors (Lipinski definition) is 1. The lowest BCUT2D eigenvalue weighted by atomic mass is 9.84. The average Bonchev–Trinajstić information content (AvgIpc) is 3.47. The maximum atomic E-state index is 13.1. The van der Waals surface area contributed by atoms with Crippen LogP contribution < -0.4 is 10.9 Å². The van der Waals surface area contributed by atoms with Crippen LogP contribution in [0, 0.1) is 23.7 Å². The fraction of sp³-hybridized carbons (Fsp3) is 0.625. The molecule has 0 radical (unpaired) electrons. The van der Waals surface area contributed by atoms with Crippen LogP contribution in [0.3, 0.4) is 0 Å². The van der Waals surface area contributed by atoms with Crippen LogP contribution in [0.4, 0.5) is 0 Å². The highest BCUT2D eigenvalue weighted by Crippen LogP contribution is 2.49.